The van der Waals surface area contributed by atoms with Crippen LogP contribution in [0.1, 0.15) is 32.0 Å². The number of nitrogens with one attached hydrogen (secondary N) is 2. The Labute approximate surface area is 115 Å². The Bertz CT molecular complexity index is 396. The summed E-state index contributed by atoms with van der Waals surface area (Å²) in [4.78, 5) is 8.92. The zero-order valence-electron chi connectivity index (χ0n) is 12.1. The van der Waals surface area contributed by atoms with E-state index in [0.717, 1.165) is 43.5 Å². The van der Waals surface area contributed by atoms with E-state index in [9.17, 15) is 0 Å². The Balaban J connectivity index is 1.95. The fraction of sp³-hybridized carbons (Fsp3) is 0.714. The number of aryl methyl sites for hydroxylation is 1. The molecule has 2 N–H and O–H groups in total. The summed E-state index contributed by atoms with van der Waals surface area (Å²) in [5, 5.41) is 6.54. The summed E-state index contributed by atoms with van der Waals surface area (Å²) in [7, 11) is 3.65. The van der Waals surface area contributed by atoms with E-state index < -0.39 is 0 Å². The number of hydrogen-bond acceptors (Lipinski definition) is 5. The van der Waals surface area contributed by atoms with Gasteiger partial charge in [-0.3, -0.25) is 0 Å². The molecule has 106 valence electrons. The van der Waals surface area contributed by atoms with E-state index >= 15 is 0 Å². The quantitative estimate of drug-likeness (QED) is 0.754. The number of rotatable bonds is 8. The highest BCUT2D eigenvalue weighted by Crippen LogP contribution is 2.48. The van der Waals surface area contributed by atoms with Gasteiger partial charge < -0.3 is 15.4 Å². The fourth-order valence-corrected chi connectivity index (χ4v) is 2.16. The zero-order valence-corrected chi connectivity index (χ0v) is 12.1. The third-order valence-electron chi connectivity index (χ3n) is 3.78. The highest BCUT2D eigenvalue weighted by molar-refractivity contribution is 5.47. The van der Waals surface area contributed by atoms with Crippen molar-refractivity contribution in [2.24, 2.45) is 5.41 Å². The van der Waals surface area contributed by atoms with Crippen molar-refractivity contribution >= 4 is 11.6 Å². The second kappa shape index (κ2) is 6.19. The second-order valence-electron chi connectivity index (χ2n) is 5.25. The molecular formula is C14H24N4O. The Morgan fingerprint density at radius 2 is 2.05 bits per heavy atom. The van der Waals surface area contributed by atoms with Crippen molar-refractivity contribution < 1.29 is 4.74 Å². The molecule has 0 atom stereocenters. The summed E-state index contributed by atoms with van der Waals surface area (Å²) in [6.07, 6.45) is 4.54. The van der Waals surface area contributed by atoms with Gasteiger partial charge in [0.25, 0.3) is 0 Å². The topological polar surface area (TPSA) is 59.1 Å². The normalized spacial score (nSPS) is 16.2. The van der Waals surface area contributed by atoms with Crippen molar-refractivity contribution in [3.05, 3.63) is 11.9 Å². The third-order valence-corrected chi connectivity index (χ3v) is 3.78. The first-order valence-corrected chi connectivity index (χ1v) is 7.00. The summed E-state index contributed by atoms with van der Waals surface area (Å²) < 4.78 is 5.18. The number of ether oxygens (including phenoxy) is 1. The second-order valence-corrected chi connectivity index (χ2v) is 5.25. The van der Waals surface area contributed by atoms with Gasteiger partial charge in [-0.15, -0.1) is 0 Å². The maximum absolute atomic E-state index is 5.18. The predicted molar refractivity (Wildman–Crippen MR) is 77.6 cm³/mol. The maximum Gasteiger partial charge on any atom is 0.132 e. The summed E-state index contributed by atoms with van der Waals surface area (Å²) in [6.45, 7) is 3.88. The van der Waals surface area contributed by atoms with Crippen LogP contribution in [0.5, 0.6) is 0 Å². The minimum absolute atomic E-state index is 0.424. The van der Waals surface area contributed by atoms with Crippen molar-refractivity contribution in [2.75, 3.05) is 37.9 Å². The van der Waals surface area contributed by atoms with Crippen molar-refractivity contribution in [2.45, 2.75) is 32.6 Å². The van der Waals surface area contributed by atoms with E-state index in [1.807, 2.05) is 13.1 Å². The molecule has 0 radical (unpaired) electrons. The van der Waals surface area contributed by atoms with Crippen LogP contribution in [0.3, 0.4) is 0 Å². The summed E-state index contributed by atoms with van der Waals surface area (Å²) in [5.74, 6) is 2.66. The Morgan fingerprint density at radius 1 is 1.32 bits per heavy atom. The summed E-state index contributed by atoms with van der Waals surface area (Å²) in [6, 6.07) is 1.96. The Morgan fingerprint density at radius 3 is 2.63 bits per heavy atom. The standard InChI is InChI=1S/C14H24N4O/c1-4-11-17-12(15-2)9-13(18-11)16-10-14(5-6-14)7-8-19-3/h9H,4-8,10H2,1-3H3,(H2,15,16,17,18). The molecule has 0 aliphatic heterocycles. The zero-order chi connectivity index (χ0) is 13.7. The minimum Gasteiger partial charge on any atom is -0.385 e. The molecule has 0 unspecified atom stereocenters. The molecular weight excluding hydrogens is 240 g/mol. The lowest BCUT2D eigenvalue weighted by Crippen LogP contribution is -2.18. The smallest absolute Gasteiger partial charge is 0.132 e. The van der Waals surface area contributed by atoms with Gasteiger partial charge in [-0.25, -0.2) is 9.97 Å². The Hall–Kier alpha value is -1.36. The molecule has 0 saturated heterocycles. The molecule has 1 fully saturated rings. The van der Waals surface area contributed by atoms with Crippen molar-refractivity contribution in [3.8, 4) is 0 Å². The summed E-state index contributed by atoms with van der Waals surface area (Å²) in [5.41, 5.74) is 0.424. The van der Waals surface area contributed by atoms with Gasteiger partial charge in [0.05, 0.1) is 0 Å². The molecule has 5 nitrogen and oxygen atoms in total. The first-order valence-electron chi connectivity index (χ1n) is 7.00. The van der Waals surface area contributed by atoms with Crippen LogP contribution in [0.15, 0.2) is 6.07 Å². The van der Waals surface area contributed by atoms with E-state index in [1.165, 1.54) is 12.8 Å². The molecule has 0 amide bonds. The minimum atomic E-state index is 0.424. The largest absolute Gasteiger partial charge is 0.385 e. The van der Waals surface area contributed by atoms with Gasteiger partial charge in [-0.2, -0.15) is 0 Å². The molecule has 1 aliphatic rings. The Kier molecular flexibility index (Phi) is 4.58. The molecule has 0 spiro atoms. The van der Waals surface area contributed by atoms with E-state index in [-0.39, 0.29) is 0 Å². The monoisotopic (exact) mass is 264 g/mol. The molecule has 0 bridgehead atoms. The van der Waals surface area contributed by atoms with Gasteiger partial charge in [-0.05, 0) is 24.7 Å². The van der Waals surface area contributed by atoms with Crippen molar-refractivity contribution in [1.29, 1.82) is 0 Å². The van der Waals surface area contributed by atoms with Gasteiger partial charge in [0.15, 0.2) is 0 Å². The van der Waals surface area contributed by atoms with Gasteiger partial charge >= 0.3 is 0 Å². The average molecular weight is 264 g/mol. The number of aromatic nitrogens is 2. The third kappa shape index (κ3) is 3.80. The number of nitrogens with zero attached hydrogens (tertiary/aromatic N) is 2. The molecule has 1 aromatic rings. The SMILES string of the molecule is CCc1nc(NC)cc(NCC2(CCOC)CC2)n1. The first-order chi connectivity index (χ1) is 9.21. The molecule has 1 heterocycles. The van der Waals surface area contributed by atoms with Gasteiger partial charge in [0.1, 0.15) is 17.5 Å². The van der Waals surface area contributed by atoms with Crippen LogP contribution in [0.2, 0.25) is 0 Å². The van der Waals surface area contributed by atoms with Crippen LogP contribution in [0, 0.1) is 5.41 Å². The van der Waals surface area contributed by atoms with Crippen LogP contribution < -0.4 is 10.6 Å². The first kappa shape index (κ1) is 14.1. The average Bonchev–Trinajstić information content (AvgIpc) is 3.23. The van der Waals surface area contributed by atoms with Crippen LogP contribution in [0.25, 0.3) is 0 Å². The van der Waals surface area contributed by atoms with Gasteiger partial charge in [0.2, 0.25) is 0 Å². The van der Waals surface area contributed by atoms with E-state index in [2.05, 4.69) is 27.5 Å². The van der Waals surface area contributed by atoms with Crippen LogP contribution in [0.4, 0.5) is 11.6 Å². The lowest BCUT2D eigenvalue weighted by Gasteiger charge is -2.16. The maximum atomic E-state index is 5.18. The molecule has 1 aliphatic carbocycles. The molecule has 5 heteroatoms. The van der Waals surface area contributed by atoms with Crippen LogP contribution in [-0.4, -0.2) is 37.3 Å². The van der Waals surface area contributed by atoms with E-state index in [0.29, 0.717) is 5.41 Å². The van der Waals surface area contributed by atoms with Gasteiger partial charge in [0, 0.05) is 39.8 Å². The molecule has 0 aromatic carbocycles. The number of hydrogen-bond donors (Lipinski definition) is 2. The fourth-order valence-electron chi connectivity index (χ4n) is 2.16. The highest BCUT2D eigenvalue weighted by atomic mass is 16.5. The predicted octanol–water partition coefficient (Wildman–Crippen LogP) is 2.31. The van der Waals surface area contributed by atoms with E-state index in [1.54, 1.807) is 7.11 Å². The number of anilines is 2. The van der Waals surface area contributed by atoms with Crippen molar-refractivity contribution in [3.63, 3.8) is 0 Å². The lowest BCUT2D eigenvalue weighted by molar-refractivity contribution is 0.175. The van der Waals surface area contributed by atoms with E-state index in [4.69, 9.17) is 4.74 Å². The van der Waals surface area contributed by atoms with Gasteiger partial charge in [-0.1, -0.05) is 6.92 Å². The van der Waals surface area contributed by atoms with Crippen LogP contribution in [-0.2, 0) is 11.2 Å². The molecule has 1 saturated carbocycles. The molecule has 2 rings (SSSR count). The van der Waals surface area contributed by atoms with Crippen molar-refractivity contribution in [1.82, 2.24) is 9.97 Å². The summed E-state index contributed by atoms with van der Waals surface area (Å²) >= 11 is 0. The highest BCUT2D eigenvalue weighted by Gasteiger charge is 2.41. The molecule has 19 heavy (non-hydrogen) atoms. The number of methoxy groups -OCH3 is 1. The molecule has 1 aromatic heterocycles. The lowest BCUT2D eigenvalue weighted by atomic mass is 10.0. The van der Waals surface area contributed by atoms with Crippen LogP contribution >= 0.6 is 0 Å².